The summed E-state index contributed by atoms with van der Waals surface area (Å²) in [6.45, 7) is 1.41. The molecule has 0 aliphatic rings. The minimum Gasteiger partial charge on any atom is -0.474 e. The maximum absolute atomic E-state index is 12.2. The topological polar surface area (TPSA) is 142 Å². The van der Waals surface area contributed by atoms with E-state index >= 15 is 0 Å². The fourth-order valence-corrected chi connectivity index (χ4v) is 2.74. The molecule has 0 aliphatic carbocycles. The number of rotatable bonds is 6. The number of carbonyl (C=O) groups excluding carboxylic acids is 1. The number of amides is 1. The number of nitrogens with one attached hydrogen (secondary N) is 1. The van der Waals surface area contributed by atoms with E-state index in [1.807, 2.05) is 0 Å². The van der Waals surface area contributed by atoms with Crippen LogP contribution in [0, 0.1) is 10.1 Å². The molecule has 2 rings (SSSR count). The summed E-state index contributed by atoms with van der Waals surface area (Å²) in [6, 6.07) is 9.73. The minimum atomic E-state index is -4.11. The van der Waals surface area contributed by atoms with Gasteiger partial charge in [0.15, 0.2) is 11.9 Å². The summed E-state index contributed by atoms with van der Waals surface area (Å²) < 4.78 is 28.8. The van der Waals surface area contributed by atoms with Crippen LogP contribution < -0.4 is 15.2 Å². The Balaban J connectivity index is 2.19. The Kier molecular flexibility index (Phi) is 5.95. The zero-order valence-corrected chi connectivity index (χ0v) is 15.8. The largest absolute Gasteiger partial charge is 0.474 e. The molecule has 0 fully saturated rings. The van der Waals surface area contributed by atoms with Gasteiger partial charge in [-0.15, -0.1) is 0 Å². The van der Waals surface area contributed by atoms with Gasteiger partial charge >= 0.3 is 5.69 Å². The summed E-state index contributed by atoms with van der Waals surface area (Å²) in [5, 5.41) is 18.7. The molecule has 0 radical (unpaired) electrons. The van der Waals surface area contributed by atoms with Gasteiger partial charge in [-0.25, -0.2) is 13.6 Å². The van der Waals surface area contributed by atoms with Crippen LogP contribution in [0.2, 0.25) is 0 Å². The Morgan fingerprint density at radius 3 is 2.42 bits per heavy atom. The predicted octanol–water partition coefficient (Wildman–Crippen LogP) is 2.41. The molecular formula is C15H14BrN3O6S. The summed E-state index contributed by atoms with van der Waals surface area (Å²) in [7, 11) is -4.11. The fourth-order valence-electron chi connectivity index (χ4n) is 1.94. The highest BCUT2D eigenvalue weighted by Crippen LogP contribution is 2.30. The molecular weight excluding hydrogens is 430 g/mol. The smallest absolute Gasteiger partial charge is 0.312 e. The highest BCUT2D eigenvalue weighted by molar-refractivity contribution is 9.10. The minimum absolute atomic E-state index is 0.249. The quantitative estimate of drug-likeness (QED) is 0.518. The van der Waals surface area contributed by atoms with Gasteiger partial charge in [0.25, 0.3) is 5.91 Å². The van der Waals surface area contributed by atoms with Crippen molar-refractivity contribution in [3.05, 3.63) is 57.1 Å². The van der Waals surface area contributed by atoms with E-state index in [9.17, 15) is 23.3 Å². The maximum Gasteiger partial charge on any atom is 0.312 e. The van der Waals surface area contributed by atoms with E-state index in [0.717, 1.165) is 22.7 Å². The molecule has 0 aliphatic heterocycles. The van der Waals surface area contributed by atoms with Gasteiger partial charge in [0.2, 0.25) is 10.0 Å². The number of anilines is 1. The van der Waals surface area contributed by atoms with Crippen molar-refractivity contribution in [2.45, 2.75) is 17.9 Å². The lowest BCUT2D eigenvalue weighted by molar-refractivity contribution is -0.386. The van der Waals surface area contributed by atoms with Crippen LogP contribution in [0.4, 0.5) is 11.4 Å². The molecule has 138 valence electrons. The number of nitrogens with zero attached hydrogens (tertiary/aromatic N) is 1. The summed E-state index contributed by atoms with van der Waals surface area (Å²) in [5.74, 6) is -0.780. The van der Waals surface area contributed by atoms with Crippen molar-refractivity contribution in [1.82, 2.24) is 0 Å². The second kappa shape index (κ2) is 7.81. The van der Waals surface area contributed by atoms with Gasteiger partial charge in [-0.3, -0.25) is 14.9 Å². The Labute approximate surface area is 157 Å². The van der Waals surface area contributed by atoms with Gasteiger partial charge in [-0.05, 0) is 43.3 Å². The molecule has 0 spiro atoms. The Morgan fingerprint density at radius 2 is 1.88 bits per heavy atom. The lowest BCUT2D eigenvalue weighted by Crippen LogP contribution is -2.30. The number of carbonyl (C=O) groups is 1. The van der Waals surface area contributed by atoms with Crippen LogP contribution >= 0.6 is 15.9 Å². The van der Waals surface area contributed by atoms with Crippen molar-refractivity contribution < 1.29 is 22.9 Å². The van der Waals surface area contributed by atoms with Crippen LogP contribution in [0.25, 0.3) is 0 Å². The van der Waals surface area contributed by atoms with Crippen molar-refractivity contribution in [2.75, 3.05) is 5.32 Å². The molecule has 1 atom stereocenters. The second-order valence-corrected chi connectivity index (χ2v) is 7.66. The highest BCUT2D eigenvalue weighted by Gasteiger charge is 2.24. The molecule has 0 bridgehead atoms. The number of hydrogen-bond acceptors (Lipinski definition) is 6. The Morgan fingerprint density at radius 1 is 1.27 bits per heavy atom. The van der Waals surface area contributed by atoms with Crippen LogP contribution in [-0.2, 0) is 14.8 Å². The Hall–Kier alpha value is -2.50. The Bertz CT molecular complexity index is 946. The number of nitro benzene ring substituents is 1. The third kappa shape index (κ3) is 5.00. The third-order valence-electron chi connectivity index (χ3n) is 3.24. The monoisotopic (exact) mass is 443 g/mol. The van der Waals surface area contributed by atoms with Gasteiger partial charge in [0.05, 0.1) is 9.82 Å². The highest BCUT2D eigenvalue weighted by atomic mass is 79.9. The van der Waals surface area contributed by atoms with E-state index < -0.39 is 37.5 Å². The molecule has 3 N–H and O–H groups in total. The van der Waals surface area contributed by atoms with E-state index in [4.69, 9.17) is 9.88 Å². The molecule has 9 nitrogen and oxygen atoms in total. The average Bonchev–Trinajstić information content (AvgIpc) is 2.56. The fraction of sp³-hybridized carbons (Fsp3) is 0.133. The van der Waals surface area contributed by atoms with Crippen molar-refractivity contribution in [3.63, 3.8) is 0 Å². The lowest BCUT2D eigenvalue weighted by Gasteiger charge is -2.15. The summed E-state index contributed by atoms with van der Waals surface area (Å²) in [4.78, 5) is 22.1. The molecule has 0 saturated carbocycles. The molecule has 1 unspecified atom stereocenters. The number of ether oxygens (including phenoxy) is 1. The van der Waals surface area contributed by atoms with E-state index in [0.29, 0.717) is 5.69 Å². The molecule has 0 aromatic heterocycles. The standard InChI is InChI=1S/C15H14BrN3O6S/c1-9(15(20)18-11-4-2-10(16)3-5-11)25-14-7-6-12(26(17,23)24)8-13(14)19(21)22/h2-9H,1H3,(H,18,20)(H2,17,23,24). The van der Waals surface area contributed by atoms with Crippen LogP contribution in [0.5, 0.6) is 5.75 Å². The molecule has 26 heavy (non-hydrogen) atoms. The van der Waals surface area contributed by atoms with E-state index in [1.165, 1.54) is 6.92 Å². The number of nitrogens with two attached hydrogens (primary N) is 1. The molecule has 1 amide bonds. The van der Waals surface area contributed by atoms with E-state index in [2.05, 4.69) is 21.2 Å². The van der Waals surface area contributed by atoms with E-state index in [1.54, 1.807) is 24.3 Å². The second-order valence-electron chi connectivity index (χ2n) is 5.19. The molecule has 0 saturated heterocycles. The zero-order chi connectivity index (χ0) is 19.5. The number of nitro groups is 1. The van der Waals surface area contributed by atoms with Crippen molar-refractivity contribution >= 4 is 43.2 Å². The van der Waals surface area contributed by atoms with E-state index in [-0.39, 0.29) is 5.75 Å². The predicted molar refractivity (Wildman–Crippen MR) is 97.3 cm³/mol. The first-order valence-corrected chi connectivity index (χ1v) is 9.46. The van der Waals surface area contributed by atoms with Crippen LogP contribution in [0.1, 0.15) is 6.92 Å². The van der Waals surface area contributed by atoms with Gasteiger partial charge in [-0.2, -0.15) is 0 Å². The SMILES string of the molecule is CC(Oc1ccc(S(N)(=O)=O)cc1[N+](=O)[O-])C(=O)Nc1ccc(Br)cc1. The van der Waals surface area contributed by atoms with Crippen LogP contribution in [-0.4, -0.2) is 25.4 Å². The zero-order valence-electron chi connectivity index (χ0n) is 13.4. The summed E-state index contributed by atoms with van der Waals surface area (Å²) >= 11 is 3.27. The first kappa shape index (κ1) is 19.8. The number of hydrogen-bond donors (Lipinski definition) is 2. The normalized spacial score (nSPS) is 12.3. The molecule has 11 heteroatoms. The lowest BCUT2D eigenvalue weighted by atomic mass is 10.2. The molecule has 2 aromatic rings. The van der Waals surface area contributed by atoms with Crippen LogP contribution in [0.3, 0.4) is 0 Å². The number of benzene rings is 2. The summed E-state index contributed by atoms with van der Waals surface area (Å²) in [6.07, 6.45) is -1.07. The summed E-state index contributed by atoms with van der Waals surface area (Å²) in [5.41, 5.74) is -0.0902. The number of halogens is 1. The van der Waals surface area contributed by atoms with Crippen molar-refractivity contribution in [1.29, 1.82) is 0 Å². The maximum atomic E-state index is 12.2. The first-order valence-electron chi connectivity index (χ1n) is 7.12. The third-order valence-corrected chi connectivity index (χ3v) is 4.68. The van der Waals surface area contributed by atoms with Gasteiger partial charge in [-0.1, -0.05) is 15.9 Å². The first-order chi connectivity index (χ1) is 12.1. The molecule has 2 aromatic carbocycles. The van der Waals surface area contributed by atoms with Crippen LogP contribution in [0.15, 0.2) is 51.8 Å². The number of primary sulfonamides is 1. The van der Waals surface area contributed by atoms with Gasteiger partial charge in [0, 0.05) is 16.2 Å². The van der Waals surface area contributed by atoms with Gasteiger partial charge in [0.1, 0.15) is 0 Å². The number of sulfonamides is 1. The average molecular weight is 444 g/mol. The van der Waals surface area contributed by atoms with Crippen molar-refractivity contribution in [2.24, 2.45) is 5.14 Å². The molecule has 0 heterocycles. The van der Waals surface area contributed by atoms with Crippen molar-refractivity contribution in [3.8, 4) is 5.75 Å². The van der Waals surface area contributed by atoms with Gasteiger partial charge < -0.3 is 10.1 Å².